The number of thiazole rings is 1. The van der Waals surface area contributed by atoms with E-state index < -0.39 is 0 Å². The molecule has 0 spiro atoms. The number of rotatable bonds is 6. The first-order chi connectivity index (χ1) is 13.4. The van der Waals surface area contributed by atoms with Crippen LogP contribution in [0.4, 0.5) is 5.13 Å². The largest absolute Gasteiger partial charge is 0.392 e. The number of fused-ring (bicyclic) bond motifs is 1. The van der Waals surface area contributed by atoms with Crippen molar-refractivity contribution in [3.05, 3.63) is 58.7 Å². The van der Waals surface area contributed by atoms with Gasteiger partial charge >= 0.3 is 0 Å². The van der Waals surface area contributed by atoms with Gasteiger partial charge in [-0.2, -0.15) is 0 Å². The number of carbonyl (C=O) groups excluding carboxylic acids is 2. The minimum Gasteiger partial charge on any atom is -0.392 e. The number of nitrogens with one attached hydrogen (secondary N) is 1. The third-order valence-electron chi connectivity index (χ3n) is 4.30. The summed E-state index contributed by atoms with van der Waals surface area (Å²) >= 11 is 1.29. The normalized spacial score (nSPS) is 10.9. The number of amides is 2. The molecule has 0 bridgehead atoms. The molecule has 2 amide bonds. The molecule has 0 unspecified atom stereocenters. The molecule has 28 heavy (non-hydrogen) atoms. The van der Waals surface area contributed by atoms with E-state index in [9.17, 15) is 19.8 Å². The van der Waals surface area contributed by atoms with E-state index in [0.717, 1.165) is 4.70 Å². The number of aliphatic hydroxyl groups excluding tert-OH is 2. The van der Waals surface area contributed by atoms with Crippen LogP contribution in [0.15, 0.2) is 36.4 Å². The number of anilines is 1. The predicted molar refractivity (Wildman–Crippen MR) is 108 cm³/mol. The number of nitrogens with zero attached hydrogens (tertiary/aromatic N) is 2. The Morgan fingerprint density at radius 2 is 1.75 bits per heavy atom. The zero-order valence-electron chi connectivity index (χ0n) is 15.6. The van der Waals surface area contributed by atoms with Crippen LogP contribution in [0.2, 0.25) is 0 Å². The van der Waals surface area contributed by atoms with E-state index in [0.29, 0.717) is 32.9 Å². The van der Waals surface area contributed by atoms with E-state index in [-0.39, 0.29) is 31.4 Å². The van der Waals surface area contributed by atoms with Crippen LogP contribution in [0.5, 0.6) is 0 Å². The molecule has 0 radical (unpaired) electrons. The summed E-state index contributed by atoms with van der Waals surface area (Å²) in [6.45, 7) is -0.371. The van der Waals surface area contributed by atoms with E-state index >= 15 is 0 Å². The summed E-state index contributed by atoms with van der Waals surface area (Å²) in [5.41, 5.74) is 3.02. The first-order valence-electron chi connectivity index (χ1n) is 8.66. The number of benzene rings is 2. The average molecular weight is 399 g/mol. The molecule has 0 aliphatic heterocycles. The Labute approximate surface area is 166 Å². The Morgan fingerprint density at radius 3 is 2.43 bits per heavy atom. The van der Waals surface area contributed by atoms with Crippen molar-refractivity contribution in [3.63, 3.8) is 0 Å². The zero-order valence-corrected chi connectivity index (χ0v) is 16.4. The van der Waals surface area contributed by atoms with E-state index in [1.807, 2.05) is 0 Å². The summed E-state index contributed by atoms with van der Waals surface area (Å²) in [5.74, 6) is -0.431. The van der Waals surface area contributed by atoms with Gasteiger partial charge in [0.2, 0.25) is 5.91 Å². The van der Waals surface area contributed by atoms with E-state index in [2.05, 4.69) is 10.3 Å². The minimum absolute atomic E-state index is 0.0511. The number of aromatic nitrogens is 1. The molecule has 0 fully saturated rings. The molecule has 0 atom stereocenters. The molecule has 8 heteroatoms. The summed E-state index contributed by atoms with van der Waals surface area (Å²) in [6, 6.07) is 10.5. The summed E-state index contributed by atoms with van der Waals surface area (Å²) in [6.07, 6.45) is 0.0511. The van der Waals surface area contributed by atoms with Crippen molar-refractivity contribution in [3.8, 4) is 0 Å². The van der Waals surface area contributed by atoms with Crippen molar-refractivity contribution < 1.29 is 19.8 Å². The summed E-state index contributed by atoms with van der Waals surface area (Å²) in [5, 5.41) is 22.0. The van der Waals surface area contributed by atoms with E-state index in [4.69, 9.17) is 0 Å². The van der Waals surface area contributed by atoms with Crippen LogP contribution in [0.1, 0.15) is 27.0 Å². The number of carbonyl (C=O) groups is 2. The third-order valence-corrected chi connectivity index (χ3v) is 5.24. The minimum atomic E-state index is -0.275. The van der Waals surface area contributed by atoms with Gasteiger partial charge in [-0.15, -0.1) is 0 Å². The molecule has 0 saturated carbocycles. The maximum absolute atomic E-state index is 12.5. The molecule has 3 N–H and O–H groups in total. The zero-order chi connectivity index (χ0) is 20.3. The Bertz CT molecular complexity index is 988. The Balaban J connectivity index is 1.80. The summed E-state index contributed by atoms with van der Waals surface area (Å²) in [7, 11) is 3.34. The molecule has 0 aliphatic rings. The van der Waals surface area contributed by atoms with Crippen LogP contribution < -0.4 is 5.32 Å². The van der Waals surface area contributed by atoms with Crippen molar-refractivity contribution in [2.75, 3.05) is 19.4 Å². The van der Waals surface area contributed by atoms with Crippen molar-refractivity contribution in [1.82, 2.24) is 9.88 Å². The van der Waals surface area contributed by atoms with Crippen LogP contribution in [0.3, 0.4) is 0 Å². The molecule has 1 aromatic heterocycles. The Hall–Kier alpha value is -2.81. The van der Waals surface area contributed by atoms with Gasteiger partial charge in [0, 0.05) is 19.7 Å². The first-order valence-corrected chi connectivity index (χ1v) is 9.48. The van der Waals surface area contributed by atoms with Crippen LogP contribution in [-0.2, 0) is 24.4 Å². The van der Waals surface area contributed by atoms with Gasteiger partial charge in [0.1, 0.15) is 0 Å². The van der Waals surface area contributed by atoms with Crippen molar-refractivity contribution in [1.29, 1.82) is 0 Å². The summed E-state index contributed by atoms with van der Waals surface area (Å²) < 4.78 is 0.805. The van der Waals surface area contributed by atoms with Gasteiger partial charge in [0.25, 0.3) is 5.91 Å². The van der Waals surface area contributed by atoms with E-state index in [1.54, 1.807) is 50.5 Å². The number of hydrogen-bond acceptors (Lipinski definition) is 6. The van der Waals surface area contributed by atoms with E-state index in [1.165, 1.54) is 16.2 Å². The lowest BCUT2D eigenvalue weighted by molar-refractivity contribution is -0.115. The molecule has 3 rings (SSSR count). The van der Waals surface area contributed by atoms with Crippen LogP contribution in [0, 0.1) is 0 Å². The highest BCUT2D eigenvalue weighted by atomic mass is 32.1. The fourth-order valence-corrected chi connectivity index (χ4v) is 3.80. The SMILES string of the molecule is CN(C)C(=O)c1ccccc1CC(=O)Nc1nc2cc(CO)c(CO)cc2s1. The molecule has 0 aliphatic carbocycles. The first kappa shape index (κ1) is 19.9. The van der Waals surface area contributed by atoms with Gasteiger partial charge < -0.3 is 20.4 Å². The topological polar surface area (TPSA) is 103 Å². The van der Waals surface area contributed by atoms with Crippen molar-refractivity contribution in [2.24, 2.45) is 0 Å². The molecular weight excluding hydrogens is 378 g/mol. The Kier molecular flexibility index (Phi) is 6.03. The second-order valence-corrected chi connectivity index (χ2v) is 7.54. The predicted octanol–water partition coefficient (Wildman–Crippen LogP) is 2.16. The maximum Gasteiger partial charge on any atom is 0.253 e. The molecule has 1 heterocycles. The van der Waals surface area contributed by atoms with Crippen LogP contribution >= 0.6 is 11.3 Å². The highest BCUT2D eigenvalue weighted by Crippen LogP contribution is 2.29. The molecule has 7 nitrogen and oxygen atoms in total. The smallest absolute Gasteiger partial charge is 0.253 e. The fourth-order valence-electron chi connectivity index (χ4n) is 2.87. The average Bonchev–Trinajstić information content (AvgIpc) is 3.07. The lowest BCUT2D eigenvalue weighted by Gasteiger charge is -2.13. The van der Waals surface area contributed by atoms with Crippen molar-refractivity contribution >= 4 is 38.5 Å². The standard InChI is InChI=1S/C20H21N3O4S/c1-23(2)19(27)15-6-4-3-5-12(15)9-18(26)22-20-21-16-7-13(10-24)14(11-25)8-17(16)28-20/h3-8,24-25H,9-11H2,1-2H3,(H,21,22,26). The second kappa shape index (κ2) is 8.47. The van der Waals surface area contributed by atoms with Crippen molar-refractivity contribution in [2.45, 2.75) is 19.6 Å². The second-order valence-electron chi connectivity index (χ2n) is 6.51. The fraction of sp³-hybridized carbons (Fsp3) is 0.250. The number of hydrogen-bond donors (Lipinski definition) is 3. The Morgan fingerprint density at radius 1 is 1.07 bits per heavy atom. The van der Waals surface area contributed by atoms with Gasteiger partial charge in [-0.05, 0) is 34.9 Å². The maximum atomic E-state index is 12.5. The van der Waals surface area contributed by atoms with Gasteiger partial charge in [0.15, 0.2) is 5.13 Å². The van der Waals surface area contributed by atoms with Crippen LogP contribution in [0.25, 0.3) is 10.2 Å². The quantitative estimate of drug-likeness (QED) is 0.589. The highest BCUT2D eigenvalue weighted by molar-refractivity contribution is 7.22. The lowest BCUT2D eigenvalue weighted by atomic mass is 10.0. The molecule has 2 aromatic carbocycles. The van der Waals surface area contributed by atoms with Gasteiger partial charge in [-0.1, -0.05) is 29.5 Å². The van der Waals surface area contributed by atoms with Gasteiger partial charge in [-0.3, -0.25) is 9.59 Å². The molecule has 3 aromatic rings. The monoisotopic (exact) mass is 399 g/mol. The van der Waals surface area contributed by atoms with Crippen LogP contribution in [-0.4, -0.2) is 46.0 Å². The molecule has 146 valence electrons. The molecular formula is C20H21N3O4S. The highest BCUT2D eigenvalue weighted by Gasteiger charge is 2.16. The molecule has 0 saturated heterocycles. The number of aliphatic hydroxyl groups is 2. The third kappa shape index (κ3) is 4.19. The van der Waals surface area contributed by atoms with Gasteiger partial charge in [0.05, 0.1) is 29.9 Å². The summed E-state index contributed by atoms with van der Waals surface area (Å²) in [4.78, 5) is 30.6. The lowest BCUT2D eigenvalue weighted by Crippen LogP contribution is -2.24. The van der Waals surface area contributed by atoms with Gasteiger partial charge in [-0.25, -0.2) is 4.98 Å².